The van der Waals surface area contributed by atoms with Crippen molar-refractivity contribution in [3.8, 4) is 11.6 Å². The largest absolute Gasteiger partial charge is 0.370 e. The number of likely N-dealkylation sites (N-methyl/N-ethyl adjacent to an activating group) is 1. The topological polar surface area (TPSA) is 105 Å². The lowest BCUT2D eigenvalue weighted by molar-refractivity contribution is 0.273. The summed E-state index contributed by atoms with van der Waals surface area (Å²) in [5, 5.41) is 7.07. The summed E-state index contributed by atoms with van der Waals surface area (Å²) in [6.07, 6.45) is 4.75. The predicted octanol–water partition coefficient (Wildman–Crippen LogP) is 1.06. The van der Waals surface area contributed by atoms with E-state index in [-0.39, 0.29) is 0 Å². The van der Waals surface area contributed by atoms with Gasteiger partial charge in [-0.1, -0.05) is 18.1 Å². The van der Waals surface area contributed by atoms with Crippen LogP contribution >= 0.6 is 0 Å². The van der Waals surface area contributed by atoms with E-state index in [2.05, 4.69) is 37.3 Å². The number of nitrogens with one attached hydrogen (secondary N) is 1. The van der Waals surface area contributed by atoms with Crippen LogP contribution in [0.3, 0.4) is 0 Å². The maximum atomic E-state index is 5.95. The maximum Gasteiger partial charge on any atom is 0.276 e. The first-order chi connectivity index (χ1) is 12.3. The van der Waals surface area contributed by atoms with Gasteiger partial charge >= 0.3 is 0 Å². The van der Waals surface area contributed by atoms with Crippen LogP contribution in [0.15, 0.2) is 33.9 Å². The molecule has 3 heterocycles. The Morgan fingerprint density at radius 2 is 2.40 bits per heavy atom. The molecule has 1 atom stereocenters. The summed E-state index contributed by atoms with van der Waals surface area (Å²) in [5.74, 6) is 1.52. The molecule has 1 aliphatic rings. The van der Waals surface area contributed by atoms with Gasteiger partial charge in [-0.25, -0.2) is 0 Å². The van der Waals surface area contributed by atoms with E-state index in [9.17, 15) is 0 Å². The Kier molecular flexibility index (Phi) is 5.95. The Bertz CT molecular complexity index is 685. The number of nitrogens with zero attached hydrogens (tertiary/aromatic N) is 5. The van der Waals surface area contributed by atoms with Crippen LogP contribution in [-0.4, -0.2) is 58.2 Å². The molecule has 2 aromatic rings. The van der Waals surface area contributed by atoms with Crippen LogP contribution in [0.4, 0.5) is 0 Å². The average Bonchev–Trinajstić information content (AvgIpc) is 3.30. The van der Waals surface area contributed by atoms with Gasteiger partial charge in [-0.15, -0.1) is 0 Å². The molecule has 0 spiro atoms. The van der Waals surface area contributed by atoms with Crippen molar-refractivity contribution < 1.29 is 4.52 Å². The van der Waals surface area contributed by atoms with E-state index in [1.54, 1.807) is 6.20 Å². The Balaban J connectivity index is 1.43. The lowest BCUT2D eigenvalue weighted by atomic mass is 10.2. The van der Waals surface area contributed by atoms with E-state index >= 15 is 0 Å². The van der Waals surface area contributed by atoms with Crippen molar-refractivity contribution in [1.29, 1.82) is 0 Å². The van der Waals surface area contributed by atoms with Gasteiger partial charge in [0.25, 0.3) is 5.89 Å². The molecule has 1 fully saturated rings. The summed E-state index contributed by atoms with van der Waals surface area (Å²) in [7, 11) is 0. The van der Waals surface area contributed by atoms with Crippen molar-refractivity contribution in [2.24, 2.45) is 10.7 Å². The number of aliphatic imine (C=N–C) groups is 1. The second kappa shape index (κ2) is 8.57. The van der Waals surface area contributed by atoms with Gasteiger partial charge in [-0.05, 0) is 38.1 Å². The minimum absolute atomic E-state index is 0.429. The first kappa shape index (κ1) is 17.3. The first-order valence-electron chi connectivity index (χ1n) is 8.78. The first-order valence-corrected chi connectivity index (χ1v) is 8.78. The highest BCUT2D eigenvalue weighted by Gasteiger charge is 2.22. The number of pyridine rings is 1. The number of hydrogen-bond acceptors (Lipinski definition) is 6. The molecule has 1 saturated heterocycles. The van der Waals surface area contributed by atoms with Crippen molar-refractivity contribution in [3.05, 3.63) is 30.2 Å². The van der Waals surface area contributed by atoms with E-state index in [4.69, 9.17) is 10.3 Å². The number of hydrogen-bond donors (Lipinski definition) is 2. The fourth-order valence-corrected chi connectivity index (χ4v) is 3.03. The molecule has 0 saturated carbocycles. The Labute approximate surface area is 147 Å². The molecule has 0 bridgehead atoms. The number of likely N-dealkylation sites (tertiary alicyclic amines) is 1. The van der Waals surface area contributed by atoms with E-state index < -0.39 is 0 Å². The standard InChI is InChI=1S/C17H25N7O/c1-2-24-11-5-6-13(24)12-21-17(18)20-10-8-15-22-16(25-23-15)14-7-3-4-9-19-14/h3-4,7,9,13H,2,5-6,8,10-12H2,1H3,(H3,18,20,21). The van der Waals surface area contributed by atoms with Gasteiger partial charge in [-0.2, -0.15) is 4.98 Å². The Morgan fingerprint density at radius 3 is 3.20 bits per heavy atom. The fourth-order valence-electron chi connectivity index (χ4n) is 3.03. The van der Waals surface area contributed by atoms with Crippen molar-refractivity contribution in [2.75, 3.05) is 26.2 Å². The summed E-state index contributed by atoms with van der Waals surface area (Å²) in [6, 6.07) is 6.08. The van der Waals surface area contributed by atoms with Crippen molar-refractivity contribution in [3.63, 3.8) is 0 Å². The van der Waals surface area contributed by atoms with Crippen LogP contribution < -0.4 is 11.1 Å². The van der Waals surface area contributed by atoms with Crippen LogP contribution in [0.2, 0.25) is 0 Å². The van der Waals surface area contributed by atoms with Gasteiger partial charge in [0.1, 0.15) is 5.69 Å². The van der Waals surface area contributed by atoms with Crippen molar-refractivity contribution in [1.82, 2.24) is 25.3 Å². The highest BCUT2D eigenvalue weighted by atomic mass is 16.5. The fraction of sp³-hybridized carbons (Fsp3) is 0.529. The zero-order chi connectivity index (χ0) is 17.5. The summed E-state index contributed by atoms with van der Waals surface area (Å²) in [4.78, 5) is 15.4. The lowest BCUT2D eigenvalue weighted by Crippen LogP contribution is -2.36. The zero-order valence-electron chi connectivity index (χ0n) is 14.6. The summed E-state index contributed by atoms with van der Waals surface area (Å²) in [6.45, 7) is 5.79. The molecule has 8 nitrogen and oxygen atoms in total. The van der Waals surface area contributed by atoms with E-state index in [0.29, 0.717) is 42.4 Å². The molecule has 3 N–H and O–H groups in total. The summed E-state index contributed by atoms with van der Waals surface area (Å²) >= 11 is 0. The highest BCUT2D eigenvalue weighted by Crippen LogP contribution is 2.16. The molecule has 8 heteroatoms. The van der Waals surface area contributed by atoms with Crippen LogP contribution in [0.25, 0.3) is 11.6 Å². The molecule has 25 heavy (non-hydrogen) atoms. The molecule has 0 aromatic carbocycles. The minimum Gasteiger partial charge on any atom is -0.370 e. The van der Waals surface area contributed by atoms with Gasteiger partial charge in [-0.3, -0.25) is 14.9 Å². The normalized spacial score (nSPS) is 18.6. The van der Waals surface area contributed by atoms with E-state index in [1.807, 2.05) is 18.2 Å². The SMILES string of the molecule is CCN1CCCC1CN=C(N)NCCc1noc(-c2ccccn2)n1. The van der Waals surface area contributed by atoms with Crippen LogP contribution in [0.1, 0.15) is 25.6 Å². The van der Waals surface area contributed by atoms with Gasteiger partial charge in [0.05, 0.1) is 6.54 Å². The molecule has 0 amide bonds. The van der Waals surface area contributed by atoms with E-state index in [1.165, 1.54) is 19.4 Å². The average molecular weight is 343 g/mol. The third-order valence-corrected chi connectivity index (χ3v) is 4.38. The molecular weight excluding hydrogens is 318 g/mol. The molecule has 1 aliphatic heterocycles. The quantitative estimate of drug-likeness (QED) is 0.572. The lowest BCUT2D eigenvalue weighted by Gasteiger charge is -2.20. The Morgan fingerprint density at radius 1 is 1.48 bits per heavy atom. The molecule has 0 radical (unpaired) electrons. The molecule has 2 aromatic heterocycles. The van der Waals surface area contributed by atoms with Crippen LogP contribution in [0, 0.1) is 0 Å². The Hall–Kier alpha value is -2.48. The van der Waals surface area contributed by atoms with Crippen molar-refractivity contribution >= 4 is 5.96 Å². The maximum absolute atomic E-state index is 5.95. The molecule has 3 rings (SSSR count). The molecule has 0 aliphatic carbocycles. The molecule has 134 valence electrons. The van der Waals surface area contributed by atoms with Crippen LogP contribution in [-0.2, 0) is 6.42 Å². The van der Waals surface area contributed by atoms with Crippen molar-refractivity contribution in [2.45, 2.75) is 32.2 Å². The zero-order valence-corrected chi connectivity index (χ0v) is 14.6. The highest BCUT2D eigenvalue weighted by molar-refractivity contribution is 5.77. The number of guanidine groups is 1. The molecule has 1 unspecified atom stereocenters. The number of aromatic nitrogens is 3. The predicted molar refractivity (Wildman–Crippen MR) is 96.0 cm³/mol. The minimum atomic E-state index is 0.429. The smallest absolute Gasteiger partial charge is 0.276 e. The third-order valence-electron chi connectivity index (χ3n) is 4.38. The van der Waals surface area contributed by atoms with Gasteiger partial charge < -0.3 is 15.6 Å². The van der Waals surface area contributed by atoms with Gasteiger partial charge in [0.15, 0.2) is 11.8 Å². The monoisotopic (exact) mass is 343 g/mol. The number of nitrogens with two attached hydrogens (primary N) is 1. The number of rotatable bonds is 7. The summed E-state index contributed by atoms with van der Waals surface area (Å²) < 4.78 is 5.23. The van der Waals surface area contributed by atoms with Crippen LogP contribution in [0.5, 0.6) is 0 Å². The van der Waals surface area contributed by atoms with Gasteiger partial charge in [0, 0.05) is 25.2 Å². The molecular formula is C17H25N7O. The summed E-state index contributed by atoms with van der Waals surface area (Å²) in [5.41, 5.74) is 6.62. The van der Waals surface area contributed by atoms with Gasteiger partial charge in [0.2, 0.25) is 0 Å². The second-order valence-corrected chi connectivity index (χ2v) is 6.06. The third kappa shape index (κ3) is 4.76. The van der Waals surface area contributed by atoms with E-state index in [0.717, 1.165) is 13.1 Å². The second-order valence-electron chi connectivity index (χ2n) is 6.06.